The smallest absolute Gasteiger partial charge is 0.773 e. The number of hydrogen-bond acceptors (Lipinski definition) is 6. The maximum Gasteiger partial charge on any atom is 1.00 e. The molecule has 0 rings (SSSR count). The molecule has 0 spiro atoms. The first-order valence-corrected chi connectivity index (χ1v) is 6.31. The summed E-state index contributed by atoms with van der Waals surface area (Å²) < 4.78 is 10.3. The van der Waals surface area contributed by atoms with E-state index in [1.165, 1.54) is 0 Å². The van der Waals surface area contributed by atoms with Gasteiger partial charge in [-0.1, -0.05) is 0 Å². The second kappa shape index (κ2) is 11.5. The van der Waals surface area contributed by atoms with E-state index >= 15 is 0 Å². The molecule has 0 bridgehead atoms. The predicted octanol–water partition coefficient (Wildman–Crippen LogP) is -3.83. The minimum Gasteiger partial charge on any atom is -0.773 e. The molecule has 106 valence electrons. The molecule has 0 aromatic carbocycles. The van der Waals surface area contributed by atoms with Crippen LogP contribution in [0.15, 0.2) is 0 Å². The minimum atomic E-state index is -5.01. The van der Waals surface area contributed by atoms with Gasteiger partial charge in [-0.3, -0.25) is 19.6 Å². The third kappa shape index (κ3) is 12.5. The first-order chi connectivity index (χ1) is 8.07. The molecule has 1 amide bonds. The molecule has 0 aliphatic heterocycles. The van der Waals surface area contributed by atoms with Crippen LogP contribution >= 0.6 is 7.60 Å². The Labute approximate surface area is 132 Å². The van der Waals surface area contributed by atoms with Crippen molar-refractivity contribution in [3.8, 4) is 0 Å². The summed E-state index contributed by atoms with van der Waals surface area (Å²) in [6.07, 6.45) is -1.10. The Morgan fingerprint density at radius 3 is 2.00 bits per heavy atom. The number of amides is 1. The molecule has 1 unspecified atom stereocenters. The van der Waals surface area contributed by atoms with Crippen molar-refractivity contribution in [1.29, 1.82) is 0 Å². The molecule has 0 saturated carbocycles. The maximum absolute atomic E-state index is 11.1. The van der Waals surface area contributed by atoms with Crippen molar-refractivity contribution in [3.63, 3.8) is 0 Å². The van der Waals surface area contributed by atoms with Crippen LogP contribution in [0.4, 0.5) is 0 Å². The van der Waals surface area contributed by atoms with Crippen molar-refractivity contribution >= 4 is 25.5 Å². The van der Waals surface area contributed by atoms with Crippen molar-refractivity contribution in [2.24, 2.45) is 0 Å². The predicted molar refractivity (Wildman–Crippen MR) is 56.5 cm³/mol. The van der Waals surface area contributed by atoms with E-state index in [1.807, 2.05) is 0 Å². The molecule has 9 nitrogen and oxygen atoms in total. The van der Waals surface area contributed by atoms with E-state index < -0.39 is 37.9 Å². The van der Waals surface area contributed by atoms with E-state index in [0.717, 1.165) is 0 Å². The van der Waals surface area contributed by atoms with E-state index in [-0.39, 0.29) is 36.0 Å². The zero-order valence-electron chi connectivity index (χ0n) is 10.8. The van der Waals surface area contributed by atoms with E-state index in [4.69, 9.17) is 20.0 Å². The first kappa shape index (κ1) is 23.8. The van der Waals surface area contributed by atoms with Gasteiger partial charge in [0.15, 0.2) is 7.60 Å². The molecule has 0 aliphatic carbocycles. The Morgan fingerprint density at radius 2 is 1.74 bits per heavy atom. The molecular weight excluding hydrogens is 292 g/mol. The van der Waals surface area contributed by atoms with Crippen LogP contribution in [0, 0.1) is 0 Å². The van der Waals surface area contributed by atoms with Crippen LogP contribution < -0.4 is 34.5 Å². The van der Waals surface area contributed by atoms with Gasteiger partial charge in [-0.15, -0.1) is 0 Å². The second-order valence-corrected chi connectivity index (χ2v) is 4.89. The van der Waals surface area contributed by atoms with Crippen LogP contribution in [-0.4, -0.2) is 44.2 Å². The zero-order chi connectivity index (χ0) is 14.9. The zero-order valence-corrected chi connectivity index (χ0v) is 13.7. The Hall–Kier alpha value is -0.280. The number of carbonyl (C=O) groups is 3. The van der Waals surface area contributed by atoms with Crippen LogP contribution in [0.3, 0.4) is 0 Å². The standard InChI is InChI=1S/C7H14NO6P.CH2O2.Na/c1-5(2)8(11)6(9)3-4-7(10)15(12,13)14;2-1-3;/h5,11H,3-4H2,1-2H3,(H2,12,13,14);1H,(H,2,3);/q;;+1/p-1. The molecule has 19 heavy (non-hydrogen) atoms. The van der Waals surface area contributed by atoms with Gasteiger partial charge in [-0.25, -0.2) is 5.06 Å². The molecule has 0 aliphatic rings. The summed E-state index contributed by atoms with van der Waals surface area (Å²) in [4.78, 5) is 48.7. The van der Waals surface area contributed by atoms with Crippen molar-refractivity contribution < 1.29 is 68.6 Å². The molecular formula is C8H15NNaO8P. The SMILES string of the molecule is CC(C)N(O)C(=O)CCC(=O)P(=O)([O-])O.O=CO.[Na+]. The normalized spacial score (nSPS) is 12.3. The molecule has 1 atom stereocenters. The van der Waals surface area contributed by atoms with Gasteiger partial charge in [0.2, 0.25) is 11.4 Å². The van der Waals surface area contributed by atoms with Crippen LogP contribution in [0.2, 0.25) is 0 Å². The number of hydrogen-bond donors (Lipinski definition) is 3. The van der Waals surface area contributed by atoms with Gasteiger partial charge in [0.25, 0.3) is 6.47 Å². The average Bonchev–Trinajstić information content (AvgIpc) is 2.23. The van der Waals surface area contributed by atoms with Gasteiger partial charge in [-0.2, -0.15) is 0 Å². The first-order valence-electron chi connectivity index (χ1n) is 4.73. The molecule has 0 radical (unpaired) electrons. The molecule has 11 heteroatoms. The number of hydroxylamine groups is 2. The Bertz CT molecular complexity index is 342. The summed E-state index contributed by atoms with van der Waals surface area (Å²) in [6.45, 7) is 2.84. The summed E-state index contributed by atoms with van der Waals surface area (Å²) >= 11 is 0. The Morgan fingerprint density at radius 1 is 1.37 bits per heavy atom. The number of carboxylic acid groups (broad SMARTS) is 1. The number of carbonyl (C=O) groups excluding carboxylic acids is 2. The third-order valence-corrected chi connectivity index (χ3v) is 2.47. The molecule has 0 aromatic rings. The average molecular weight is 307 g/mol. The van der Waals surface area contributed by atoms with Crippen molar-refractivity contribution in [2.75, 3.05) is 0 Å². The summed E-state index contributed by atoms with van der Waals surface area (Å²) in [5, 5.41) is 16.4. The number of rotatable bonds is 5. The summed E-state index contributed by atoms with van der Waals surface area (Å²) in [5.74, 6) is -0.771. The van der Waals surface area contributed by atoms with Crippen molar-refractivity contribution in [3.05, 3.63) is 0 Å². The third-order valence-electron chi connectivity index (χ3n) is 1.61. The maximum atomic E-state index is 11.1. The second-order valence-electron chi connectivity index (χ2n) is 3.35. The van der Waals surface area contributed by atoms with Crippen molar-refractivity contribution in [2.45, 2.75) is 32.7 Å². The van der Waals surface area contributed by atoms with E-state index in [0.29, 0.717) is 5.06 Å². The minimum absolute atomic E-state index is 0. The van der Waals surface area contributed by atoms with Gasteiger partial charge < -0.3 is 19.5 Å². The Kier molecular flexibility index (Phi) is 14.4. The van der Waals surface area contributed by atoms with Gasteiger partial charge in [0, 0.05) is 12.8 Å². The van der Waals surface area contributed by atoms with Crippen LogP contribution in [0.5, 0.6) is 0 Å². The summed E-state index contributed by atoms with van der Waals surface area (Å²) in [7, 11) is -5.01. The molecule has 3 N–H and O–H groups in total. The van der Waals surface area contributed by atoms with Gasteiger partial charge in [0.05, 0.1) is 6.04 Å². The quantitative estimate of drug-likeness (QED) is 0.153. The van der Waals surface area contributed by atoms with Gasteiger partial charge in [0.1, 0.15) is 0 Å². The molecule has 0 heterocycles. The largest absolute Gasteiger partial charge is 1.00 e. The van der Waals surface area contributed by atoms with Crippen LogP contribution in [-0.2, 0) is 18.9 Å². The fourth-order valence-corrected chi connectivity index (χ4v) is 1.15. The van der Waals surface area contributed by atoms with Crippen molar-refractivity contribution in [1.82, 2.24) is 5.06 Å². The van der Waals surface area contributed by atoms with E-state index in [9.17, 15) is 19.0 Å². The summed E-state index contributed by atoms with van der Waals surface area (Å²) in [6, 6.07) is -0.458. The monoisotopic (exact) mass is 307 g/mol. The van der Waals surface area contributed by atoms with Crippen LogP contribution in [0.1, 0.15) is 26.7 Å². The van der Waals surface area contributed by atoms with Gasteiger partial charge in [-0.05, 0) is 13.8 Å². The topological polar surface area (TPSA) is 155 Å². The van der Waals surface area contributed by atoms with Gasteiger partial charge >= 0.3 is 29.6 Å². The molecule has 0 fully saturated rings. The molecule has 0 saturated heterocycles. The molecule has 0 aromatic heterocycles. The number of nitrogens with zero attached hydrogens (tertiary/aromatic N) is 1. The fourth-order valence-electron chi connectivity index (χ4n) is 0.758. The Balaban J connectivity index is -0.000000580. The summed E-state index contributed by atoms with van der Waals surface area (Å²) in [5.41, 5.74) is -1.41. The van der Waals surface area contributed by atoms with E-state index in [1.54, 1.807) is 13.8 Å². The van der Waals surface area contributed by atoms with E-state index in [2.05, 4.69) is 0 Å². The van der Waals surface area contributed by atoms with Crippen LogP contribution in [0.25, 0.3) is 0 Å². The fraction of sp³-hybridized carbons (Fsp3) is 0.625.